The fourth-order valence-corrected chi connectivity index (χ4v) is 11.1. The van der Waals surface area contributed by atoms with Gasteiger partial charge < -0.3 is 37.6 Å². The van der Waals surface area contributed by atoms with E-state index in [-0.39, 0.29) is 58.0 Å². The molecule has 1 fully saturated rings. The van der Waals surface area contributed by atoms with E-state index < -0.39 is 75.5 Å². The lowest BCUT2D eigenvalue weighted by atomic mass is 9.75. The van der Waals surface area contributed by atoms with Crippen molar-refractivity contribution in [3.63, 3.8) is 0 Å². The summed E-state index contributed by atoms with van der Waals surface area (Å²) < 4.78 is 127. The van der Waals surface area contributed by atoms with Gasteiger partial charge >= 0.3 is 5.97 Å². The van der Waals surface area contributed by atoms with Crippen molar-refractivity contribution in [3.05, 3.63) is 113 Å². The molecule has 4 aliphatic heterocycles. The normalized spacial score (nSPS) is 19.2. The number of imide groups is 1. The van der Waals surface area contributed by atoms with Gasteiger partial charge in [-0.15, -0.1) is 5.06 Å². The largest absolute Gasteiger partial charge is 0.748 e. The number of fused-ring (bicyclic) bond motifs is 3. The molecule has 392 valence electrons. The van der Waals surface area contributed by atoms with Gasteiger partial charge in [-0.3, -0.25) is 9.59 Å². The quantitative estimate of drug-likeness (QED) is 0.0477. The van der Waals surface area contributed by atoms with Gasteiger partial charge in [0.05, 0.1) is 55.9 Å². The summed E-state index contributed by atoms with van der Waals surface area (Å²) >= 11 is 0. The topological polar surface area (TPSA) is 269 Å². The third kappa shape index (κ3) is 13.3. The minimum Gasteiger partial charge on any atom is -0.748 e. The van der Waals surface area contributed by atoms with Gasteiger partial charge in [0.15, 0.2) is 5.71 Å². The van der Waals surface area contributed by atoms with Crippen molar-refractivity contribution in [2.75, 3.05) is 56.4 Å². The summed E-state index contributed by atoms with van der Waals surface area (Å²) in [6.07, 6.45) is 9.50. The number of benzene rings is 3. The fourth-order valence-electron chi connectivity index (χ4n) is 9.67. The summed E-state index contributed by atoms with van der Waals surface area (Å²) in [4.78, 5) is 44.0. The van der Waals surface area contributed by atoms with E-state index in [4.69, 9.17) is 19.0 Å². The molecule has 0 N–H and O–H groups in total. The first-order valence-electron chi connectivity index (χ1n) is 23.7. The Hall–Kier alpha value is -5.85. The lowest BCUT2D eigenvalue weighted by molar-refractivity contribution is -0.437. The van der Waals surface area contributed by atoms with E-state index in [1.54, 1.807) is 30.8 Å². The van der Waals surface area contributed by atoms with Crippen molar-refractivity contribution >= 4 is 82.1 Å². The first-order valence-corrected chi connectivity index (χ1v) is 28.2. The van der Waals surface area contributed by atoms with Gasteiger partial charge in [-0.2, -0.15) is 4.58 Å². The highest BCUT2D eigenvalue weighted by Crippen LogP contribution is 2.48. The maximum Gasteiger partial charge on any atom is 0.333 e. The van der Waals surface area contributed by atoms with Crippen LogP contribution in [0.5, 0.6) is 5.75 Å². The number of hydrogen-bond donors (Lipinski definition) is 0. The summed E-state index contributed by atoms with van der Waals surface area (Å²) in [6, 6.07) is 17.1. The molecule has 2 amide bonds. The Bertz CT molecular complexity index is 3150. The van der Waals surface area contributed by atoms with Crippen LogP contribution in [0.1, 0.15) is 94.4 Å². The predicted molar refractivity (Wildman–Crippen MR) is 266 cm³/mol. The Morgan fingerprint density at radius 3 is 2.22 bits per heavy atom. The molecule has 22 heteroatoms. The molecule has 0 aromatic heterocycles. The van der Waals surface area contributed by atoms with E-state index in [0.29, 0.717) is 70.9 Å². The Morgan fingerprint density at radius 1 is 0.849 bits per heavy atom. The highest BCUT2D eigenvalue weighted by Gasteiger charge is 2.48. The van der Waals surface area contributed by atoms with Crippen LogP contribution in [0.2, 0.25) is 0 Å². The number of rotatable bonds is 23. The Morgan fingerprint density at radius 2 is 1.55 bits per heavy atom. The van der Waals surface area contributed by atoms with Crippen molar-refractivity contribution < 1.29 is 76.9 Å². The van der Waals surface area contributed by atoms with Gasteiger partial charge in [-0.25, -0.2) is 30.0 Å². The number of carbonyl (C=O) groups is 3. The van der Waals surface area contributed by atoms with Gasteiger partial charge in [0.25, 0.3) is 11.8 Å². The molecule has 0 spiro atoms. The maximum atomic E-state index is 13.0. The minimum absolute atomic E-state index is 0.0240. The van der Waals surface area contributed by atoms with Crippen LogP contribution in [0.4, 0.5) is 11.4 Å². The third-order valence-electron chi connectivity index (χ3n) is 13.1. The molecule has 1 saturated heterocycles. The summed E-state index contributed by atoms with van der Waals surface area (Å²) in [7, 11) is -12.5. The second kappa shape index (κ2) is 22.3. The second-order valence-corrected chi connectivity index (χ2v) is 23.2. The number of amides is 2. The summed E-state index contributed by atoms with van der Waals surface area (Å²) in [5.74, 6) is -2.45. The molecule has 1 atom stereocenters. The number of nitrogens with zero attached hydrogens (tertiary/aromatic N) is 3. The second-order valence-electron chi connectivity index (χ2n) is 18.8. The van der Waals surface area contributed by atoms with Crippen LogP contribution in [0.3, 0.4) is 0 Å². The molecule has 0 bridgehead atoms. The zero-order chi connectivity index (χ0) is 52.9. The Kier molecular flexibility index (Phi) is 16.8. The van der Waals surface area contributed by atoms with Crippen molar-refractivity contribution in [2.45, 2.75) is 88.0 Å². The molecule has 19 nitrogen and oxygen atoms in total. The van der Waals surface area contributed by atoms with Crippen LogP contribution in [0, 0.1) is 0 Å². The Balaban J connectivity index is 1.34. The van der Waals surface area contributed by atoms with Crippen molar-refractivity contribution in [3.8, 4) is 5.75 Å². The van der Waals surface area contributed by atoms with Crippen LogP contribution in [-0.4, -0.2) is 129 Å². The SMILES string of the molecule is COCCOCCC1=CC(C)(C)N(CCCS(=O)(=O)[O-])c2cc3c(cc21)/C(=C/C=C/C1=[N+](CCCS(=O)(=O)[O-])c2ccc(S(=O)(=O)[O-])cc2C1(C)CCCC(=O)ON1C(=O)CCC1=O)C=C(c1ccccc1)O3. The number of methoxy groups -OCH3 is 1. The first-order chi connectivity index (χ1) is 34.4. The molecule has 4 heterocycles. The lowest BCUT2D eigenvalue weighted by Gasteiger charge is -2.44. The molecule has 0 saturated carbocycles. The van der Waals surface area contributed by atoms with E-state index in [2.05, 4.69) is 6.08 Å². The number of anilines is 1. The van der Waals surface area contributed by atoms with Crippen molar-refractivity contribution in [2.24, 2.45) is 0 Å². The van der Waals surface area contributed by atoms with Gasteiger partial charge in [-0.1, -0.05) is 48.6 Å². The van der Waals surface area contributed by atoms with Crippen LogP contribution < -0.4 is 9.64 Å². The number of hydrogen-bond acceptors (Lipinski definition) is 17. The molecular formula is C51H57N3O16S3-2. The van der Waals surface area contributed by atoms with Gasteiger partial charge in [0.2, 0.25) is 5.69 Å². The summed E-state index contributed by atoms with van der Waals surface area (Å²) in [5.41, 5.74) is 4.13. The number of ether oxygens (including phenoxy) is 3. The molecule has 0 radical (unpaired) electrons. The molecular weight excluding hydrogens is 1010 g/mol. The molecule has 3 aromatic carbocycles. The standard InChI is InChI=1S/C51H59N3O16S3/c1-50(2)34-37(21-25-68-27-26-67-4)39-32-40-36(30-44(35-12-6-5-7-13-35)69-45(40)33-43(39)53(50)24-11-29-72(61,62)63)14-8-15-46-51(3,22-9-16-49(57)70-54-47(55)19-20-48(54)56)41-31-38(73(64,65)66)17-18-42(41)52(46)23-10-28-71(58,59)60/h5-8,12-15,17-18,30-34H,9-11,16,19-29H2,1-4H3,(H2-,58,59,60,61,62,63,64,65,66)/p-2. The van der Waals surface area contributed by atoms with Crippen molar-refractivity contribution in [1.29, 1.82) is 0 Å². The zero-order valence-electron chi connectivity index (χ0n) is 40.9. The predicted octanol–water partition coefficient (Wildman–Crippen LogP) is 5.70. The highest BCUT2D eigenvalue weighted by molar-refractivity contribution is 7.86. The van der Waals surface area contributed by atoms with Crippen LogP contribution in [0.25, 0.3) is 16.9 Å². The summed E-state index contributed by atoms with van der Waals surface area (Å²) in [6.45, 7) is 7.15. The molecule has 3 aromatic rings. The monoisotopic (exact) mass is 1060 g/mol. The minimum atomic E-state index is -4.98. The van der Waals surface area contributed by atoms with Crippen LogP contribution >= 0.6 is 0 Å². The average Bonchev–Trinajstić information content (AvgIpc) is 3.75. The van der Waals surface area contributed by atoms with Crippen LogP contribution in [0.15, 0.2) is 95.9 Å². The maximum absolute atomic E-state index is 13.0. The lowest BCUT2D eigenvalue weighted by Crippen LogP contribution is -2.46. The van der Waals surface area contributed by atoms with Gasteiger partial charge in [0, 0.05) is 97.0 Å². The average molecular weight is 1060 g/mol. The van der Waals surface area contributed by atoms with Crippen LogP contribution in [-0.2, 0) is 64.5 Å². The third-order valence-corrected chi connectivity index (χ3v) is 15.5. The summed E-state index contributed by atoms with van der Waals surface area (Å²) in [5, 5.41) is 0.445. The molecule has 1 unspecified atom stereocenters. The van der Waals surface area contributed by atoms with Gasteiger partial charge in [0.1, 0.15) is 28.2 Å². The fraction of sp³-hybridized carbons (Fsp3) is 0.412. The number of hydroxylamine groups is 2. The smallest absolute Gasteiger partial charge is 0.333 e. The molecule has 0 aliphatic carbocycles. The van der Waals surface area contributed by atoms with E-state index in [9.17, 15) is 53.3 Å². The molecule has 7 rings (SSSR count). The first kappa shape index (κ1) is 54.9. The van der Waals surface area contributed by atoms with Crippen molar-refractivity contribution in [1.82, 2.24) is 5.06 Å². The van der Waals surface area contributed by atoms with Gasteiger partial charge in [-0.05, 0) is 81.9 Å². The van der Waals surface area contributed by atoms with E-state index in [1.165, 1.54) is 12.1 Å². The highest BCUT2D eigenvalue weighted by atomic mass is 32.2. The zero-order valence-corrected chi connectivity index (χ0v) is 43.3. The number of carbonyl (C=O) groups excluding carboxylic acids is 3. The molecule has 4 aliphatic rings. The number of allylic oxidation sites excluding steroid dienone is 5. The van der Waals surface area contributed by atoms with E-state index in [1.807, 2.05) is 73.4 Å². The molecule has 73 heavy (non-hydrogen) atoms. The Labute approximate surface area is 425 Å². The van der Waals surface area contributed by atoms with E-state index in [0.717, 1.165) is 28.5 Å². The van der Waals surface area contributed by atoms with E-state index >= 15 is 0 Å².